The number of hydrogen-bond donors (Lipinski definition) is 2. The Morgan fingerprint density at radius 2 is 1.88 bits per heavy atom. The summed E-state index contributed by atoms with van der Waals surface area (Å²) in [7, 11) is -2.14. The number of piperidine rings is 1. The molecule has 2 aromatic carbocycles. The van der Waals surface area contributed by atoms with Crippen molar-refractivity contribution in [2.75, 3.05) is 30.8 Å². The second kappa shape index (κ2) is 8.18. The number of aromatic nitrogens is 1. The van der Waals surface area contributed by atoms with E-state index in [1.807, 2.05) is 37.4 Å². The van der Waals surface area contributed by atoms with Crippen LogP contribution in [-0.4, -0.2) is 43.4 Å². The molecule has 5 rings (SSSR count). The normalized spacial score (nSPS) is 16.9. The number of benzene rings is 2. The molecule has 9 heteroatoms. The molecule has 1 fully saturated rings. The van der Waals surface area contributed by atoms with Gasteiger partial charge in [0.15, 0.2) is 0 Å². The molecule has 0 aliphatic carbocycles. The fourth-order valence-electron chi connectivity index (χ4n) is 5.02. The lowest BCUT2D eigenvalue weighted by Crippen LogP contribution is -2.51. The zero-order valence-electron chi connectivity index (χ0n) is 19.5. The number of methoxy groups -OCH3 is 1. The van der Waals surface area contributed by atoms with Gasteiger partial charge in [0.1, 0.15) is 10.6 Å². The number of hydrogen-bond acceptors (Lipinski definition) is 5. The molecule has 178 valence electrons. The van der Waals surface area contributed by atoms with Crippen LogP contribution < -0.4 is 15.4 Å². The smallest absolute Gasteiger partial charge is 0.245 e. The lowest BCUT2D eigenvalue weighted by atomic mass is 9.83. The van der Waals surface area contributed by atoms with Crippen LogP contribution in [0.3, 0.4) is 0 Å². The minimum absolute atomic E-state index is 0.133. The van der Waals surface area contributed by atoms with Crippen molar-refractivity contribution in [1.29, 1.82) is 0 Å². The molecule has 2 aliphatic rings. The molecule has 34 heavy (non-hydrogen) atoms. The summed E-state index contributed by atoms with van der Waals surface area (Å²) in [5.41, 5.74) is 3.87. The topological polar surface area (TPSA) is 92.7 Å². The maximum absolute atomic E-state index is 13.6. The second-order valence-corrected chi connectivity index (χ2v) is 10.8. The average Bonchev–Trinajstić information content (AvgIpc) is 3.31. The van der Waals surface area contributed by atoms with Crippen LogP contribution in [0.25, 0.3) is 5.69 Å². The van der Waals surface area contributed by atoms with Crippen LogP contribution in [0.2, 0.25) is 0 Å². The maximum atomic E-state index is 13.6. The van der Waals surface area contributed by atoms with Crippen molar-refractivity contribution < 1.29 is 17.9 Å². The summed E-state index contributed by atoms with van der Waals surface area (Å²) in [4.78, 5) is 11.8. The zero-order chi connectivity index (χ0) is 24.1. The second-order valence-electron chi connectivity index (χ2n) is 8.94. The van der Waals surface area contributed by atoms with Gasteiger partial charge in [-0.25, -0.2) is 8.42 Å². The van der Waals surface area contributed by atoms with E-state index in [0.29, 0.717) is 31.6 Å². The number of nitrogens with zero attached hydrogens (tertiary/aromatic N) is 2. The molecule has 8 nitrogen and oxygen atoms in total. The summed E-state index contributed by atoms with van der Waals surface area (Å²) in [6, 6.07) is 15.1. The third-order valence-corrected chi connectivity index (χ3v) is 8.66. The van der Waals surface area contributed by atoms with Crippen molar-refractivity contribution in [2.45, 2.75) is 37.1 Å². The van der Waals surface area contributed by atoms with Crippen LogP contribution in [0.5, 0.6) is 5.75 Å². The van der Waals surface area contributed by atoms with Crippen molar-refractivity contribution in [3.63, 3.8) is 0 Å². The summed E-state index contributed by atoms with van der Waals surface area (Å²) in [5.74, 6) is 0.459. The lowest BCUT2D eigenvalue weighted by Gasteiger charge is -2.46. The SMILES string of the molecule is COc1ccc2c(c1)NC1(CCN(S(=O)(=O)c3cc(C)ccc3NC(C)=O)CC1)c1cccn1-2. The predicted octanol–water partition coefficient (Wildman–Crippen LogP) is 3.86. The summed E-state index contributed by atoms with van der Waals surface area (Å²) in [6.45, 7) is 3.92. The molecular formula is C25H28N4O4S. The van der Waals surface area contributed by atoms with E-state index in [1.54, 1.807) is 25.3 Å². The Balaban J connectivity index is 1.45. The number of rotatable bonds is 4. The van der Waals surface area contributed by atoms with Crippen molar-refractivity contribution in [3.8, 4) is 11.4 Å². The average molecular weight is 481 g/mol. The zero-order valence-corrected chi connectivity index (χ0v) is 20.3. The van der Waals surface area contributed by atoms with Gasteiger partial charge in [-0.1, -0.05) is 6.07 Å². The number of sulfonamides is 1. The first-order valence-electron chi connectivity index (χ1n) is 11.3. The quantitative estimate of drug-likeness (QED) is 0.592. The molecule has 2 N–H and O–H groups in total. The summed E-state index contributed by atoms with van der Waals surface area (Å²) >= 11 is 0. The highest BCUT2D eigenvalue weighted by atomic mass is 32.2. The van der Waals surface area contributed by atoms with Crippen LogP contribution in [0.1, 0.15) is 31.0 Å². The van der Waals surface area contributed by atoms with Gasteiger partial charge >= 0.3 is 0 Å². The molecule has 0 radical (unpaired) electrons. The molecule has 0 unspecified atom stereocenters. The summed E-state index contributed by atoms with van der Waals surface area (Å²) < 4.78 is 36.4. The Hall–Kier alpha value is -3.30. The first-order valence-corrected chi connectivity index (χ1v) is 12.7. The minimum Gasteiger partial charge on any atom is -0.497 e. The first-order chi connectivity index (χ1) is 16.2. The third-order valence-electron chi connectivity index (χ3n) is 6.72. The van der Waals surface area contributed by atoms with E-state index in [9.17, 15) is 13.2 Å². The largest absolute Gasteiger partial charge is 0.497 e. The molecule has 1 aromatic heterocycles. The van der Waals surface area contributed by atoms with Gasteiger partial charge in [0.05, 0.1) is 29.7 Å². The molecule has 0 bridgehead atoms. The Bertz CT molecular complexity index is 1370. The molecule has 1 amide bonds. The lowest BCUT2D eigenvalue weighted by molar-refractivity contribution is -0.114. The van der Waals surface area contributed by atoms with Gasteiger partial charge in [0.2, 0.25) is 15.9 Å². The highest BCUT2D eigenvalue weighted by Gasteiger charge is 2.44. The molecule has 2 aliphatic heterocycles. The summed E-state index contributed by atoms with van der Waals surface area (Å²) in [5, 5.41) is 6.37. The van der Waals surface area contributed by atoms with E-state index in [0.717, 1.165) is 28.4 Å². The molecule has 0 atom stereocenters. The van der Waals surface area contributed by atoms with Gasteiger partial charge in [-0.2, -0.15) is 4.31 Å². The van der Waals surface area contributed by atoms with Gasteiger partial charge in [-0.05, 0) is 61.7 Å². The molecule has 3 heterocycles. The van der Waals surface area contributed by atoms with E-state index in [2.05, 4.69) is 21.3 Å². The number of anilines is 2. The predicted molar refractivity (Wildman–Crippen MR) is 131 cm³/mol. The highest BCUT2D eigenvalue weighted by Crippen LogP contribution is 2.45. The fraction of sp³-hybridized carbons (Fsp3) is 0.320. The third kappa shape index (κ3) is 3.65. The van der Waals surface area contributed by atoms with E-state index in [1.165, 1.54) is 11.2 Å². The standard InChI is InChI=1S/C25H28N4O4S/c1-17-6-8-20(26-18(2)30)23(15-17)34(31,32)28-13-10-25(11-14-28)24-5-4-12-29(24)22-9-7-19(33-3)16-21(22)27-25/h4-9,12,15-16,27H,10-11,13-14H2,1-3H3,(H,26,30). The number of nitrogens with one attached hydrogen (secondary N) is 2. The number of aryl methyl sites for hydroxylation is 1. The Morgan fingerprint density at radius 1 is 1.12 bits per heavy atom. The van der Waals surface area contributed by atoms with E-state index < -0.39 is 10.0 Å². The van der Waals surface area contributed by atoms with Crippen molar-refractivity contribution in [1.82, 2.24) is 8.87 Å². The molecule has 0 saturated carbocycles. The monoisotopic (exact) mass is 480 g/mol. The van der Waals surface area contributed by atoms with E-state index in [-0.39, 0.29) is 16.3 Å². The van der Waals surface area contributed by atoms with Crippen LogP contribution in [0.4, 0.5) is 11.4 Å². The number of ether oxygens (including phenoxy) is 1. The van der Waals surface area contributed by atoms with Gasteiger partial charge in [-0.3, -0.25) is 4.79 Å². The number of carbonyl (C=O) groups is 1. The van der Waals surface area contributed by atoms with Gasteiger partial charge < -0.3 is 19.9 Å². The van der Waals surface area contributed by atoms with Gasteiger partial charge in [0, 0.05) is 38.0 Å². The van der Waals surface area contributed by atoms with Crippen molar-refractivity contribution in [2.24, 2.45) is 0 Å². The Labute approximate surface area is 199 Å². The van der Waals surface area contributed by atoms with Crippen LogP contribution in [0, 0.1) is 6.92 Å². The molecular weight excluding hydrogens is 452 g/mol. The van der Waals surface area contributed by atoms with Crippen LogP contribution >= 0.6 is 0 Å². The van der Waals surface area contributed by atoms with Crippen LogP contribution in [-0.2, 0) is 20.4 Å². The number of carbonyl (C=O) groups excluding carboxylic acids is 1. The van der Waals surface area contributed by atoms with E-state index >= 15 is 0 Å². The van der Waals surface area contributed by atoms with Crippen molar-refractivity contribution >= 4 is 27.3 Å². The molecule has 1 spiro atoms. The maximum Gasteiger partial charge on any atom is 0.245 e. The van der Waals surface area contributed by atoms with E-state index in [4.69, 9.17) is 4.74 Å². The minimum atomic E-state index is -3.79. The van der Waals surface area contributed by atoms with Gasteiger partial charge in [0.25, 0.3) is 0 Å². The number of fused-ring (bicyclic) bond motifs is 4. The number of amides is 1. The summed E-state index contributed by atoms with van der Waals surface area (Å²) in [6.07, 6.45) is 3.25. The van der Waals surface area contributed by atoms with Gasteiger partial charge in [-0.15, -0.1) is 0 Å². The highest BCUT2D eigenvalue weighted by molar-refractivity contribution is 7.89. The molecule has 1 saturated heterocycles. The van der Waals surface area contributed by atoms with Crippen LogP contribution in [0.15, 0.2) is 59.6 Å². The first kappa shape index (κ1) is 22.5. The van der Waals surface area contributed by atoms with Crippen molar-refractivity contribution in [3.05, 3.63) is 66.0 Å². The fourth-order valence-corrected chi connectivity index (χ4v) is 6.69. The Morgan fingerprint density at radius 3 is 2.59 bits per heavy atom. The molecule has 3 aromatic rings. The Kier molecular flexibility index (Phi) is 5.41.